The minimum atomic E-state index is -0.613. The van der Waals surface area contributed by atoms with Gasteiger partial charge in [-0.1, -0.05) is 72.3 Å². The number of amides is 1. The zero-order valence-corrected chi connectivity index (χ0v) is 26.5. The second-order valence-corrected chi connectivity index (χ2v) is 11.7. The minimum Gasteiger partial charge on any atom is -0.444 e. The molecule has 6 aromatic rings. The normalized spacial score (nSPS) is 10.9. The van der Waals surface area contributed by atoms with Crippen molar-refractivity contribution in [2.75, 3.05) is 5.32 Å². The Morgan fingerprint density at radius 1 is 0.660 bits per heavy atom. The molecular weight excluding hydrogens is 620 g/mol. The second kappa shape index (κ2) is 14.7. The molecule has 6 rings (SSSR count). The number of hydrogen-bond acceptors (Lipinski definition) is 6. The van der Waals surface area contributed by atoms with E-state index in [9.17, 15) is 13.6 Å². The first-order chi connectivity index (χ1) is 22.6. The van der Waals surface area contributed by atoms with Gasteiger partial charge >= 0.3 is 6.09 Å². The maximum atomic E-state index is 13.5. The predicted octanol–water partition coefficient (Wildman–Crippen LogP) is 9.90. The number of benzene rings is 2. The van der Waals surface area contributed by atoms with Gasteiger partial charge in [-0.25, -0.2) is 23.5 Å². The van der Waals surface area contributed by atoms with E-state index in [1.807, 2.05) is 60.7 Å². The predicted molar refractivity (Wildman–Crippen MR) is 181 cm³/mol. The highest BCUT2D eigenvalue weighted by Gasteiger charge is 2.19. The van der Waals surface area contributed by atoms with Gasteiger partial charge in [0.25, 0.3) is 0 Å². The Morgan fingerprint density at radius 2 is 1.15 bits per heavy atom. The molecule has 4 aromatic heterocycles. The van der Waals surface area contributed by atoms with Crippen molar-refractivity contribution in [3.8, 4) is 45.0 Å². The first-order valence-electron chi connectivity index (χ1n) is 14.6. The van der Waals surface area contributed by atoms with Crippen LogP contribution in [0.2, 0.25) is 5.02 Å². The van der Waals surface area contributed by atoms with Crippen molar-refractivity contribution in [3.63, 3.8) is 0 Å². The highest BCUT2D eigenvalue weighted by molar-refractivity contribution is 6.33. The molecule has 0 fully saturated rings. The van der Waals surface area contributed by atoms with Crippen molar-refractivity contribution < 1.29 is 18.3 Å². The molecule has 0 saturated carbocycles. The molecule has 1 N–H and O–H groups in total. The summed E-state index contributed by atoms with van der Waals surface area (Å²) in [5, 5.41) is 3.30. The number of halogens is 3. The lowest BCUT2D eigenvalue weighted by atomic mass is 10.1. The van der Waals surface area contributed by atoms with Gasteiger partial charge in [-0.2, -0.15) is 0 Å². The summed E-state index contributed by atoms with van der Waals surface area (Å²) in [7, 11) is 0. The van der Waals surface area contributed by atoms with E-state index in [4.69, 9.17) is 16.3 Å². The highest BCUT2D eigenvalue weighted by Crippen LogP contribution is 2.31. The number of anilines is 1. The number of rotatable bonds is 5. The van der Waals surface area contributed by atoms with Crippen molar-refractivity contribution in [2.24, 2.45) is 0 Å². The number of nitrogens with one attached hydrogen (secondary N) is 1. The third-order valence-electron chi connectivity index (χ3n) is 6.47. The molecule has 0 unspecified atom stereocenters. The molecule has 0 bridgehead atoms. The Labute approximate surface area is 276 Å². The van der Waals surface area contributed by atoms with E-state index < -0.39 is 17.5 Å². The van der Waals surface area contributed by atoms with Crippen LogP contribution in [0.25, 0.3) is 45.0 Å². The number of hydrogen-bond donors (Lipinski definition) is 1. The van der Waals surface area contributed by atoms with Crippen LogP contribution in [0.5, 0.6) is 0 Å². The third-order valence-corrected chi connectivity index (χ3v) is 6.78. The number of aromatic nitrogens is 4. The van der Waals surface area contributed by atoms with Gasteiger partial charge in [0, 0.05) is 34.6 Å². The Kier molecular flexibility index (Phi) is 10.3. The topological polar surface area (TPSA) is 89.9 Å². The van der Waals surface area contributed by atoms with Gasteiger partial charge in [-0.3, -0.25) is 15.3 Å². The van der Waals surface area contributed by atoms with E-state index in [-0.39, 0.29) is 5.82 Å². The molecule has 47 heavy (non-hydrogen) atoms. The van der Waals surface area contributed by atoms with Gasteiger partial charge in [0.2, 0.25) is 0 Å². The molecule has 1 amide bonds. The van der Waals surface area contributed by atoms with Crippen LogP contribution in [0.3, 0.4) is 0 Å². The average Bonchev–Trinajstić information content (AvgIpc) is 3.05. The summed E-state index contributed by atoms with van der Waals surface area (Å²) in [5.74, 6) is -0.827. The Hall–Kier alpha value is -5.54. The number of ether oxygens (including phenoxy) is 1. The minimum absolute atomic E-state index is 0.388. The van der Waals surface area contributed by atoms with E-state index in [1.54, 1.807) is 57.4 Å². The van der Waals surface area contributed by atoms with Crippen molar-refractivity contribution >= 4 is 23.4 Å². The fourth-order valence-corrected chi connectivity index (χ4v) is 4.67. The van der Waals surface area contributed by atoms with Gasteiger partial charge in [0.1, 0.15) is 17.2 Å². The van der Waals surface area contributed by atoms with E-state index in [0.717, 1.165) is 23.5 Å². The zero-order valence-electron chi connectivity index (χ0n) is 25.8. The van der Waals surface area contributed by atoms with Crippen molar-refractivity contribution in [3.05, 3.63) is 139 Å². The van der Waals surface area contributed by atoms with E-state index in [0.29, 0.717) is 44.6 Å². The molecule has 0 radical (unpaired) electrons. The molecule has 7 nitrogen and oxygen atoms in total. The van der Waals surface area contributed by atoms with Gasteiger partial charge in [0.15, 0.2) is 0 Å². The standard InChI is InChI=1S/C21H20FN3O2.C16H10ClFN2/c1-21(2,3)27-20(26)25-18-10-9-17(15-11-16(22)13-23-12-15)24-19(18)14-7-5-4-6-8-14;17-14-6-7-15(12-8-13(18)10-19-9-12)20-16(14)11-4-2-1-3-5-11/h4-13H,1-3H3,(H,25,26);1-10H. The van der Waals surface area contributed by atoms with Gasteiger partial charge in [0.05, 0.1) is 45.9 Å². The van der Waals surface area contributed by atoms with Gasteiger partial charge in [-0.15, -0.1) is 0 Å². The molecular formula is C37H30ClF2N5O2. The molecule has 0 aliphatic carbocycles. The fourth-order valence-electron chi connectivity index (χ4n) is 4.46. The molecule has 0 saturated heterocycles. The maximum Gasteiger partial charge on any atom is 0.412 e. The molecule has 10 heteroatoms. The lowest BCUT2D eigenvalue weighted by Gasteiger charge is -2.20. The van der Waals surface area contributed by atoms with Crippen molar-refractivity contribution in [2.45, 2.75) is 26.4 Å². The molecule has 4 heterocycles. The van der Waals surface area contributed by atoms with Crippen LogP contribution in [-0.4, -0.2) is 31.6 Å². The van der Waals surface area contributed by atoms with Crippen LogP contribution in [-0.2, 0) is 4.74 Å². The quantitative estimate of drug-likeness (QED) is 0.200. The summed E-state index contributed by atoms with van der Waals surface area (Å²) in [5.41, 5.74) is 5.22. The largest absolute Gasteiger partial charge is 0.444 e. The Balaban J connectivity index is 0.000000193. The summed E-state index contributed by atoms with van der Waals surface area (Å²) in [6, 6.07) is 28.8. The van der Waals surface area contributed by atoms with Gasteiger partial charge in [-0.05, 0) is 57.2 Å². The van der Waals surface area contributed by atoms with Crippen LogP contribution in [0, 0.1) is 11.6 Å². The lowest BCUT2D eigenvalue weighted by Crippen LogP contribution is -2.27. The van der Waals surface area contributed by atoms with Crippen LogP contribution >= 0.6 is 11.6 Å². The number of nitrogens with zero attached hydrogens (tertiary/aromatic N) is 4. The number of carbonyl (C=O) groups is 1. The van der Waals surface area contributed by atoms with E-state index in [2.05, 4.69) is 25.3 Å². The zero-order chi connectivity index (χ0) is 33.4. The first kappa shape index (κ1) is 32.8. The van der Waals surface area contributed by atoms with E-state index >= 15 is 0 Å². The molecule has 0 atom stereocenters. The summed E-state index contributed by atoms with van der Waals surface area (Å²) < 4.78 is 32.1. The van der Waals surface area contributed by atoms with Crippen LogP contribution in [0.1, 0.15) is 20.8 Å². The molecule has 2 aromatic carbocycles. The van der Waals surface area contributed by atoms with Gasteiger partial charge < -0.3 is 4.74 Å². The van der Waals surface area contributed by atoms with Crippen molar-refractivity contribution in [1.82, 2.24) is 19.9 Å². The molecule has 236 valence electrons. The first-order valence-corrected chi connectivity index (χ1v) is 14.9. The molecule has 0 spiro atoms. The maximum absolute atomic E-state index is 13.5. The summed E-state index contributed by atoms with van der Waals surface area (Å²) in [6.45, 7) is 5.38. The van der Waals surface area contributed by atoms with Crippen LogP contribution in [0.4, 0.5) is 19.3 Å². The van der Waals surface area contributed by atoms with Crippen LogP contribution < -0.4 is 5.32 Å². The monoisotopic (exact) mass is 649 g/mol. The molecule has 0 aliphatic heterocycles. The number of pyridine rings is 4. The lowest BCUT2D eigenvalue weighted by molar-refractivity contribution is 0.0636. The number of carbonyl (C=O) groups excluding carboxylic acids is 1. The highest BCUT2D eigenvalue weighted by atomic mass is 35.5. The Morgan fingerprint density at radius 3 is 1.66 bits per heavy atom. The summed E-state index contributed by atoms with van der Waals surface area (Å²) in [6.07, 6.45) is 4.86. The average molecular weight is 650 g/mol. The SMILES string of the molecule is CC(C)(C)OC(=O)Nc1ccc(-c2cncc(F)c2)nc1-c1ccccc1.Fc1cncc(-c2ccc(Cl)c(-c3ccccc3)n2)c1. The summed E-state index contributed by atoms with van der Waals surface area (Å²) in [4.78, 5) is 29.0. The van der Waals surface area contributed by atoms with E-state index in [1.165, 1.54) is 12.1 Å². The Bertz CT molecular complexity index is 1990. The van der Waals surface area contributed by atoms with Crippen molar-refractivity contribution in [1.29, 1.82) is 0 Å². The molecule has 0 aliphatic rings. The second-order valence-electron chi connectivity index (χ2n) is 11.3. The van der Waals surface area contributed by atoms with Crippen LogP contribution in [0.15, 0.2) is 122 Å². The fraction of sp³-hybridized carbons (Fsp3) is 0.108. The third kappa shape index (κ3) is 9.02. The smallest absolute Gasteiger partial charge is 0.412 e. The summed E-state index contributed by atoms with van der Waals surface area (Å²) >= 11 is 6.20.